The molecule has 0 atom stereocenters. The molecule has 3 aromatic heterocycles. The van der Waals surface area contributed by atoms with Crippen molar-refractivity contribution in [2.75, 3.05) is 18.0 Å². The Balaban J connectivity index is 1.59. The SMILES string of the molecule is N#Cc1c(N)nc2sc(C(=O)NCCc3ccc(S(N)(=O)=O)cc3)c(N)c2c1-c1ccsc1. The zero-order valence-corrected chi connectivity index (χ0v) is 19.5. The van der Waals surface area contributed by atoms with E-state index in [0.717, 1.165) is 22.5 Å². The lowest BCUT2D eigenvalue weighted by Crippen LogP contribution is -2.25. The molecule has 4 rings (SSSR count). The Morgan fingerprint density at radius 2 is 1.91 bits per heavy atom. The van der Waals surface area contributed by atoms with E-state index in [2.05, 4.69) is 16.4 Å². The summed E-state index contributed by atoms with van der Waals surface area (Å²) in [4.78, 5) is 17.9. The molecule has 7 N–H and O–H groups in total. The third-order valence-electron chi connectivity index (χ3n) is 4.98. The molecule has 3 heterocycles. The van der Waals surface area contributed by atoms with Crippen molar-refractivity contribution in [1.29, 1.82) is 5.26 Å². The summed E-state index contributed by atoms with van der Waals surface area (Å²) in [7, 11) is -3.75. The molecule has 1 aromatic carbocycles. The third-order valence-corrected chi connectivity index (χ3v) is 7.69. The first-order valence-electron chi connectivity index (χ1n) is 9.54. The van der Waals surface area contributed by atoms with E-state index < -0.39 is 10.0 Å². The minimum Gasteiger partial charge on any atom is -0.397 e. The first-order chi connectivity index (χ1) is 15.7. The highest BCUT2D eigenvalue weighted by molar-refractivity contribution is 7.89. The maximum Gasteiger partial charge on any atom is 0.263 e. The Morgan fingerprint density at radius 1 is 1.18 bits per heavy atom. The van der Waals surface area contributed by atoms with Crippen molar-refractivity contribution in [2.24, 2.45) is 5.14 Å². The minimum atomic E-state index is -3.75. The van der Waals surface area contributed by atoms with E-state index >= 15 is 0 Å². The van der Waals surface area contributed by atoms with Crippen molar-refractivity contribution >= 4 is 60.3 Å². The topological polar surface area (TPSA) is 178 Å². The number of nitriles is 1. The third kappa shape index (κ3) is 4.39. The number of carbonyl (C=O) groups excluding carboxylic acids is 1. The molecule has 33 heavy (non-hydrogen) atoms. The highest BCUT2D eigenvalue weighted by Crippen LogP contribution is 2.43. The molecule has 1 amide bonds. The number of nitrogens with one attached hydrogen (secondary N) is 1. The van der Waals surface area contributed by atoms with E-state index in [1.54, 1.807) is 12.1 Å². The lowest BCUT2D eigenvalue weighted by atomic mass is 9.99. The van der Waals surface area contributed by atoms with Gasteiger partial charge < -0.3 is 16.8 Å². The summed E-state index contributed by atoms with van der Waals surface area (Å²) in [6, 6.07) is 10.1. The Hall–Kier alpha value is -3.50. The van der Waals surface area contributed by atoms with Crippen LogP contribution in [-0.4, -0.2) is 25.9 Å². The summed E-state index contributed by atoms with van der Waals surface area (Å²) in [5.74, 6) is -0.285. The van der Waals surface area contributed by atoms with E-state index in [0.29, 0.717) is 28.7 Å². The van der Waals surface area contributed by atoms with Crippen LogP contribution in [0.3, 0.4) is 0 Å². The molecule has 0 unspecified atom stereocenters. The number of nitrogens with two attached hydrogens (primary N) is 3. The van der Waals surface area contributed by atoms with Crippen LogP contribution < -0.4 is 21.9 Å². The summed E-state index contributed by atoms with van der Waals surface area (Å²) < 4.78 is 22.7. The number of amides is 1. The molecular weight excluding hydrogens is 480 g/mol. The molecule has 0 saturated carbocycles. The van der Waals surface area contributed by atoms with Crippen LogP contribution in [0.15, 0.2) is 46.0 Å². The number of rotatable bonds is 6. The minimum absolute atomic E-state index is 0.0262. The van der Waals surface area contributed by atoms with Gasteiger partial charge in [-0.15, -0.1) is 11.3 Å². The van der Waals surface area contributed by atoms with Gasteiger partial charge in [-0.1, -0.05) is 12.1 Å². The van der Waals surface area contributed by atoms with Crippen LogP contribution in [-0.2, 0) is 16.4 Å². The fraction of sp³-hybridized carbons (Fsp3) is 0.0952. The molecule has 9 nitrogen and oxygen atoms in total. The number of pyridine rings is 1. The highest BCUT2D eigenvalue weighted by Gasteiger charge is 2.24. The van der Waals surface area contributed by atoms with Gasteiger partial charge in [-0.2, -0.15) is 16.6 Å². The number of hydrogen-bond donors (Lipinski definition) is 4. The van der Waals surface area contributed by atoms with Crippen molar-refractivity contribution in [3.63, 3.8) is 0 Å². The van der Waals surface area contributed by atoms with E-state index in [-0.39, 0.29) is 32.7 Å². The van der Waals surface area contributed by atoms with Gasteiger partial charge in [0.05, 0.1) is 10.6 Å². The van der Waals surface area contributed by atoms with Gasteiger partial charge in [-0.25, -0.2) is 18.5 Å². The average molecular weight is 499 g/mol. The molecule has 0 bridgehead atoms. The number of nitrogen functional groups attached to an aromatic ring is 2. The largest absolute Gasteiger partial charge is 0.397 e. The molecule has 4 aromatic rings. The number of aromatic nitrogens is 1. The summed E-state index contributed by atoms with van der Waals surface area (Å²) in [5.41, 5.74) is 15.0. The predicted molar refractivity (Wildman–Crippen MR) is 130 cm³/mol. The molecule has 0 radical (unpaired) electrons. The molecular formula is C21H18N6O3S3. The number of sulfonamides is 1. The van der Waals surface area contributed by atoms with Crippen molar-refractivity contribution < 1.29 is 13.2 Å². The zero-order chi connectivity index (χ0) is 23.8. The van der Waals surface area contributed by atoms with Crippen molar-refractivity contribution in [3.05, 3.63) is 57.1 Å². The molecule has 12 heteroatoms. The Morgan fingerprint density at radius 3 is 2.52 bits per heavy atom. The Kier molecular flexibility index (Phi) is 6.05. The Labute approximate surface area is 197 Å². The number of fused-ring (bicyclic) bond motifs is 1. The smallest absolute Gasteiger partial charge is 0.263 e. The normalized spacial score (nSPS) is 11.4. The van der Waals surface area contributed by atoms with Gasteiger partial charge in [0.25, 0.3) is 5.91 Å². The molecule has 0 aliphatic heterocycles. The number of nitrogens with zero attached hydrogens (tertiary/aromatic N) is 2. The average Bonchev–Trinajstić information content (AvgIpc) is 3.41. The van der Waals surface area contributed by atoms with Crippen LogP contribution in [0, 0.1) is 11.3 Å². The molecule has 0 spiro atoms. The van der Waals surface area contributed by atoms with E-state index in [4.69, 9.17) is 16.6 Å². The fourth-order valence-corrected chi connectivity index (χ4v) is 5.58. The molecule has 168 valence electrons. The van der Waals surface area contributed by atoms with Crippen LogP contribution in [0.5, 0.6) is 0 Å². The number of anilines is 2. The van der Waals surface area contributed by atoms with Crippen LogP contribution in [0.25, 0.3) is 21.3 Å². The van der Waals surface area contributed by atoms with E-state index in [9.17, 15) is 18.5 Å². The number of thiophene rings is 2. The first-order valence-corrected chi connectivity index (χ1v) is 12.8. The van der Waals surface area contributed by atoms with E-state index in [1.807, 2.05) is 16.8 Å². The zero-order valence-electron chi connectivity index (χ0n) is 17.0. The molecule has 0 aliphatic carbocycles. The van der Waals surface area contributed by atoms with Gasteiger partial charge in [0.1, 0.15) is 27.2 Å². The second kappa shape index (κ2) is 8.80. The molecule has 0 aliphatic rings. The second-order valence-electron chi connectivity index (χ2n) is 7.09. The second-order valence-corrected chi connectivity index (χ2v) is 10.4. The van der Waals surface area contributed by atoms with Gasteiger partial charge in [0.2, 0.25) is 10.0 Å². The van der Waals surface area contributed by atoms with Gasteiger partial charge in [0.15, 0.2) is 0 Å². The quantitative estimate of drug-likeness (QED) is 0.315. The van der Waals surface area contributed by atoms with Crippen LogP contribution >= 0.6 is 22.7 Å². The highest BCUT2D eigenvalue weighted by atomic mass is 32.2. The van der Waals surface area contributed by atoms with Crippen molar-refractivity contribution in [2.45, 2.75) is 11.3 Å². The molecule has 0 saturated heterocycles. The molecule has 0 fully saturated rings. The summed E-state index contributed by atoms with van der Waals surface area (Å²) in [5, 5.41) is 21.8. The van der Waals surface area contributed by atoms with Crippen LogP contribution in [0.1, 0.15) is 20.8 Å². The van der Waals surface area contributed by atoms with Gasteiger partial charge in [-0.05, 0) is 46.5 Å². The van der Waals surface area contributed by atoms with Crippen molar-refractivity contribution in [3.8, 4) is 17.2 Å². The summed E-state index contributed by atoms with van der Waals surface area (Å²) in [6.45, 7) is 0.303. The lowest BCUT2D eigenvalue weighted by molar-refractivity contribution is 0.0959. The van der Waals surface area contributed by atoms with Crippen LogP contribution in [0.2, 0.25) is 0 Å². The lowest BCUT2D eigenvalue weighted by Gasteiger charge is -2.08. The number of hydrogen-bond acceptors (Lipinski definition) is 9. The first kappa shape index (κ1) is 22.7. The standard InChI is InChI=1S/C21H18N6O3S3/c22-9-14-15(12-6-8-31-10-12)16-17(23)18(32-21(16)27-19(14)24)20(28)26-7-5-11-1-3-13(4-2-11)33(25,29)30/h1-4,6,8,10H,5,7,23H2,(H2,24,27)(H,26,28)(H2,25,29,30). The maximum absolute atomic E-state index is 12.8. The monoisotopic (exact) mass is 498 g/mol. The number of carbonyl (C=O) groups is 1. The Bertz CT molecular complexity index is 1500. The van der Waals surface area contributed by atoms with Crippen LogP contribution in [0.4, 0.5) is 11.5 Å². The maximum atomic E-state index is 12.8. The van der Waals surface area contributed by atoms with Gasteiger partial charge in [0, 0.05) is 17.5 Å². The number of primary sulfonamides is 1. The van der Waals surface area contributed by atoms with E-state index in [1.165, 1.54) is 23.5 Å². The summed E-state index contributed by atoms with van der Waals surface area (Å²) in [6.07, 6.45) is 0.478. The van der Waals surface area contributed by atoms with Gasteiger partial charge >= 0.3 is 0 Å². The fourth-order valence-electron chi connectivity index (χ4n) is 3.39. The summed E-state index contributed by atoms with van der Waals surface area (Å²) >= 11 is 2.58. The number of benzene rings is 1. The van der Waals surface area contributed by atoms with Crippen molar-refractivity contribution in [1.82, 2.24) is 10.3 Å². The van der Waals surface area contributed by atoms with Gasteiger partial charge in [-0.3, -0.25) is 4.79 Å². The predicted octanol–water partition coefficient (Wildman–Crippen LogP) is 2.68.